The maximum Gasteiger partial charge on any atom is 0.340 e. The molecule has 3 aromatic rings. The summed E-state index contributed by atoms with van der Waals surface area (Å²) in [4.78, 5) is 35.9. The number of carbonyl (C=O) groups excluding carboxylic acids is 2. The molecule has 2 aromatic carbocycles. The van der Waals surface area contributed by atoms with Gasteiger partial charge in [-0.3, -0.25) is 14.9 Å². The lowest BCUT2D eigenvalue weighted by molar-refractivity contribution is -0.384. The Hall–Kier alpha value is -3.98. The SMILES string of the molecule is Cc1cc(C(=O)COC(=O)c2cc([N+](=O)[O-])ccc2NCCO)c(C)n1Cc1ccccc1. The van der Waals surface area contributed by atoms with E-state index in [0.717, 1.165) is 23.0 Å². The van der Waals surface area contributed by atoms with E-state index in [9.17, 15) is 19.7 Å². The highest BCUT2D eigenvalue weighted by atomic mass is 16.6. The van der Waals surface area contributed by atoms with Gasteiger partial charge in [-0.25, -0.2) is 4.79 Å². The Morgan fingerprint density at radius 3 is 2.48 bits per heavy atom. The van der Waals surface area contributed by atoms with Crippen LogP contribution in [0.4, 0.5) is 11.4 Å². The van der Waals surface area contributed by atoms with E-state index in [1.165, 1.54) is 12.1 Å². The Labute approximate surface area is 190 Å². The van der Waals surface area contributed by atoms with Crippen LogP contribution in [0.5, 0.6) is 0 Å². The molecule has 0 unspecified atom stereocenters. The minimum absolute atomic E-state index is 0.0833. The van der Waals surface area contributed by atoms with Gasteiger partial charge in [-0.1, -0.05) is 30.3 Å². The van der Waals surface area contributed by atoms with E-state index in [1.807, 2.05) is 48.7 Å². The normalized spacial score (nSPS) is 10.6. The summed E-state index contributed by atoms with van der Waals surface area (Å²) in [6.45, 7) is 3.80. The monoisotopic (exact) mass is 451 g/mol. The zero-order valence-electron chi connectivity index (χ0n) is 18.4. The third kappa shape index (κ3) is 5.64. The van der Waals surface area contributed by atoms with Crippen LogP contribution in [0.2, 0.25) is 0 Å². The van der Waals surface area contributed by atoms with Crippen molar-refractivity contribution in [3.8, 4) is 0 Å². The molecule has 0 aliphatic heterocycles. The molecule has 0 atom stereocenters. The van der Waals surface area contributed by atoms with Crippen molar-refractivity contribution < 1.29 is 24.4 Å². The van der Waals surface area contributed by atoms with Crippen molar-refractivity contribution in [2.24, 2.45) is 0 Å². The number of nitro benzene ring substituents is 1. The molecule has 2 N–H and O–H groups in total. The third-order valence-electron chi connectivity index (χ3n) is 5.25. The van der Waals surface area contributed by atoms with Crippen molar-refractivity contribution in [3.05, 3.63) is 92.8 Å². The summed E-state index contributed by atoms with van der Waals surface area (Å²) in [6.07, 6.45) is 0. The Balaban J connectivity index is 1.74. The number of ether oxygens (including phenoxy) is 1. The molecule has 0 radical (unpaired) electrons. The van der Waals surface area contributed by atoms with Crippen LogP contribution in [0.15, 0.2) is 54.6 Å². The number of aryl methyl sites for hydroxylation is 1. The van der Waals surface area contributed by atoms with Crippen LogP contribution in [-0.4, -0.2) is 46.1 Å². The minimum Gasteiger partial charge on any atom is -0.454 e. The highest BCUT2D eigenvalue weighted by Gasteiger charge is 2.21. The van der Waals surface area contributed by atoms with Gasteiger partial charge in [0.05, 0.1) is 17.1 Å². The molecule has 0 spiro atoms. The maximum absolute atomic E-state index is 12.8. The summed E-state index contributed by atoms with van der Waals surface area (Å²) in [5.41, 5.74) is 3.12. The van der Waals surface area contributed by atoms with Crippen LogP contribution < -0.4 is 5.32 Å². The lowest BCUT2D eigenvalue weighted by Gasteiger charge is -2.11. The first kappa shape index (κ1) is 23.7. The van der Waals surface area contributed by atoms with E-state index in [4.69, 9.17) is 9.84 Å². The molecule has 172 valence electrons. The van der Waals surface area contributed by atoms with Gasteiger partial charge < -0.3 is 19.7 Å². The number of nitrogens with one attached hydrogen (secondary N) is 1. The van der Waals surface area contributed by atoms with E-state index in [0.29, 0.717) is 12.1 Å². The van der Waals surface area contributed by atoms with Gasteiger partial charge in [0.1, 0.15) is 0 Å². The van der Waals surface area contributed by atoms with Crippen molar-refractivity contribution >= 4 is 23.1 Å². The highest BCUT2D eigenvalue weighted by Crippen LogP contribution is 2.23. The molecular formula is C24H25N3O6. The molecule has 1 aromatic heterocycles. The van der Waals surface area contributed by atoms with E-state index < -0.39 is 17.5 Å². The van der Waals surface area contributed by atoms with Gasteiger partial charge in [-0.2, -0.15) is 0 Å². The summed E-state index contributed by atoms with van der Waals surface area (Å²) in [5.74, 6) is -1.24. The number of benzene rings is 2. The molecule has 3 rings (SSSR count). The van der Waals surface area contributed by atoms with E-state index in [2.05, 4.69) is 5.32 Å². The quantitative estimate of drug-likeness (QED) is 0.209. The van der Waals surface area contributed by atoms with E-state index in [1.54, 1.807) is 6.07 Å². The van der Waals surface area contributed by atoms with E-state index in [-0.39, 0.29) is 35.9 Å². The molecule has 0 fully saturated rings. The molecular weight excluding hydrogens is 426 g/mol. The van der Waals surface area contributed by atoms with Gasteiger partial charge >= 0.3 is 5.97 Å². The van der Waals surface area contributed by atoms with Gasteiger partial charge in [0.15, 0.2) is 6.61 Å². The zero-order chi connectivity index (χ0) is 24.0. The second-order valence-corrected chi connectivity index (χ2v) is 7.49. The number of nitro groups is 1. The van der Waals surface area contributed by atoms with E-state index >= 15 is 0 Å². The Morgan fingerprint density at radius 2 is 1.82 bits per heavy atom. The smallest absolute Gasteiger partial charge is 0.340 e. The van der Waals surface area contributed by atoms with Crippen LogP contribution >= 0.6 is 0 Å². The van der Waals surface area contributed by atoms with Crippen LogP contribution in [0.3, 0.4) is 0 Å². The number of anilines is 1. The van der Waals surface area contributed by atoms with Crippen molar-refractivity contribution in [2.75, 3.05) is 25.1 Å². The Morgan fingerprint density at radius 1 is 1.09 bits per heavy atom. The number of hydrogen-bond acceptors (Lipinski definition) is 7. The summed E-state index contributed by atoms with van der Waals surface area (Å²) < 4.78 is 7.21. The van der Waals surface area contributed by atoms with Crippen molar-refractivity contribution in [1.29, 1.82) is 0 Å². The summed E-state index contributed by atoms with van der Waals surface area (Å²) in [6, 6.07) is 15.3. The molecule has 0 aliphatic carbocycles. The van der Waals surface area contributed by atoms with Crippen LogP contribution in [-0.2, 0) is 11.3 Å². The number of hydrogen-bond donors (Lipinski definition) is 2. The topological polar surface area (TPSA) is 124 Å². The third-order valence-corrected chi connectivity index (χ3v) is 5.25. The summed E-state index contributed by atoms with van der Waals surface area (Å²) in [5, 5.41) is 22.9. The second-order valence-electron chi connectivity index (χ2n) is 7.49. The molecule has 1 heterocycles. The number of esters is 1. The van der Waals surface area contributed by atoms with Gasteiger partial charge in [0.25, 0.3) is 5.69 Å². The Kier molecular flexibility index (Phi) is 7.57. The fraction of sp³-hybridized carbons (Fsp3) is 0.250. The number of rotatable bonds is 10. The van der Waals surface area contributed by atoms with Gasteiger partial charge in [-0.15, -0.1) is 0 Å². The number of Topliss-reactive ketones (excluding diaryl/α,β-unsaturated/α-hetero) is 1. The number of ketones is 1. The molecule has 9 nitrogen and oxygen atoms in total. The maximum atomic E-state index is 12.8. The Bertz CT molecular complexity index is 1170. The van der Waals surface area contributed by atoms with Crippen LogP contribution in [0.1, 0.15) is 37.7 Å². The predicted molar refractivity (Wildman–Crippen MR) is 123 cm³/mol. The molecule has 0 amide bonds. The lowest BCUT2D eigenvalue weighted by Crippen LogP contribution is -2.17. The first-order valence-electron chi connectivity index (χ1n) is 10.4. The summed E-state index contributed by atoms with van der Waals surface area (Å²) >= 11 is 0. The average molecular weight is 451 g/mol. The largest absolute Gasteiger partial charge is 0.454 e. The van der Waals surface area contributed by atoms with Gasteiger partial charge in [-0.05, 0) is 31.5 Å². The minimum atomic E-state index is -0.870. The average Bonchev–Trinajstić information content (AvgIpc) is 3.09. The molecule has 33 heavy (non-hydrogen) atoms. The van der Waals surface area contributed by atoms with Crippen molar-refractivity contribution in [2.45, 2.75) is 20.4 Å². The lowest BCUT2D eigenvalue weighted by atomic mass is 10.1. The fourth-order valence-corrected chi connectivity index (χ4v) is 3.54. The van der Waals surface area contributed by atoms with Gasteiger partial charge in [0.2, 0.25) is 5.78 Å². The molecule has 9 heteroatoms. The van der Waals surface area contributed by atoms with Crippen LogP contribution in [0.25, 0.3) is 0 Å². The fourth-order valence-electron chi connectivity index (χ4n) is 3.54. The molecule has 0 bridgehead atoms. The number of aliphatic hydroxyl groups excluding tert-OH is 1. The number of carbonyl (C=O) groups is 2. The number of non-ortho nitro benzene ring substituents is 1. The molecule has 0 aliphatic rings. The zero-order valence-corrected chi connectivity index (χ0v) is 18.4. The van der Waals surface area contributed by atoms with Crippen LogP contribution in [0, 0.1) is 24.0 Å². The summed E-state index contributed by atoms with van der Waals surface area (Å²) in [7, 11) is 0. The number of aromatic nitrogens is 1. The number of aliphatic hydroxyl groups is 1. The van der Waals surface area contributed by atoms with Crippen molar-refractivity contribution in [3.63, 3.8) is 0 Å². The first-order chi connectivity index (χ1) is 15.8. The van der Waals surface area contributed by atoms with Gasteiger partial charge in [0, 0.05) is 47.9 Å². The number of nitrogens with zero attached hydrogens (tertiary/aromatic N) is 2. The standard InChI is InChI=1S/C24H25N3O6/c1-16-12-20(17(2)26(16)14-18-6-4-3-5-7-18)23(29)15-33-24(30)21-13-19(27(31)32)8-9-22(21)25-10-11-28/h3-9,12-13,25,28H,10-11,14-15H2,1-2H3. The predicted octanol–water partition coefficient (Wildman–Crippen LogP) is 3.51. The highest BCUT2D eigenvalue weighted by molar-refractivity contribution is 6.02. The molecule has 0 saturated heterocycles. The van der Waals surface area contributed by atoms with Crippen molar-refractivity contribution in [1.82, 2.24) is 4.57 Å². The first-order valence-corrected chi connectivity index (χ1v) is 10.4. The second kappa shape index (κ2) is 10.6. The molecule has 0 saturated carbocycles.